The van der Waals surface area contributed by atoms with Crippen molar-refractivity contribution >= 4 is 10.0 Å². The second kappa shape index (κ2) is 4.91. The Kier molecular flexibility index (Phi) is 3.78. The lowest BCUT2D eigenvalue weighted by atomic mass is 9.99. The molecule has 0 N–H and O–H groups in total. The van der Waals surface area contributed by atoms with E-state index in [-0.39, 0.29) is 18.1 Å². The molecule has 21 heavy (non-hydrogen) atoms. The van der Waals surface area contributed by atoms with Crippen LogP contribution in [0.2, 0.25) is 0 Å². The lowest BCUT2D eigenvalue weighted by molar-refractivity contribution is -0.141. The summed E-state index contributed by atoms with van der Waals surface area (Å²) in [5.41, 5.74) is -2.03. The first-order valence-electron chi connectivity index (χ1n) is 6.36. The Hall–Kier alpha value is -1.22. The summed E-state index contributed by atoms with van der Waals surface area (Å²) in [6.45, 7) is 3.26. The number of nitrogens with zero attached hydrogens (tertiary/aromatic N) is 3. The maximum absolute atomic E-state index is 12.9. The van der Waals surface area contributed by atoms with E-state index in [0.29, 0.717) is 12.8 Å². The normalized spacial score (nSPS) is 24.5. The SMILES string of the molecule is Cc1cc(C(F)(F)F)nc(C2(C)CCCN2S(C)(=O)=O)n1. The third-order valence-electron chi connectivity index (χ3n) is 3.60. The minimum absolute atomic E-state index is 0.0993. The van der Waals surface area contributed by atoms with Crippen LogP contribution in [-0.4, -0.2) is 35.5 Å². The summed E-state index contributed by atoms with van der Waals surface area (Å²) in [7, 11) is -3.55. The number of sulfonamides is 1. The van der Waals surface area contributed by atoms with Gasteiger partial charge in [-0.25, -0.2) is 18.4 Å². The molecule has 1 unspecified atom stereocenters. The van der Waals surface area contributed by atoms with Gasteiger partial charge in [-0.1, -0.05) is 0 Å². The average molecular weight is 323 g/mol. The molecule has 0 aliphatic carbocycles. The molecule has 1 aliphatic heterocycles. The summed E-state index contributed by atoms with van der Waals surface area (Å²) >= 11 is 0. The highest BCUT2D eigenvalue weighted by Crippen LogP contribution is 2.39. The molecule has 2 heterocycles. The zero-order valence-corrected chi connectivity index (χ0v) is 12.7. The maximum Gasteiger partial charge on any atom is 0.433 e. The highest BCUT2D eigenvalue weighted by Gasteiger charge is 2.46. The van der Waals surface area contributed by atoms with E-state index in [2.05, 4.69) is 9.97 Å². The van der Waals surface area contributed by atoms with Gasteiger partial charge in [0.05, 0.1) is 11.8 Å². The van der Waals surface area contributed by atoms with Crippen LogP contribution in [0.3, 0.4) is 0 Å². The topological polar surface area (TPSA) is 63.2 Å². The number of aromatic nitrogens is 2. The summed E-state index contributed by atoms with van der Waals surface area (Å²) < 4.78 is 63.5. The van der Waals surface area contributed by atoms with Crippen molar-refractivity contribution in [2.75, 3.05) is 12.8 Å². The van der Waals surface area contributed by atoms with E-state index >= 15 is 0 Å². The van der Waals surface area contributed by atoms with E-state index in [1.165, 1.54) is 11.2 Å². The number of alkyl halides is 3. The standard InChI is InChI=1S/C12H16F3N3O2S/c1-8-7-9(12(13,14)15)17-10(16-8)11(2)5-4-6-18(11)21(3,19)20/h7H,4-6H2,1-3H3. The first kappa shape index (κ1) is 16.2. The van der Waals surface area contributed by atoms with Crippen LogP contribution in [0.25, 0.3) is 0 Å². The fourth-order valence-electron chi connectivity index (χ4n) is 2.65. The summed E-state index contributed by atoms with van der Waals surface area (Å²) in [5.74, 6) is -0.0993. The Morgan fingerprint density at radius 1 is 1.33 bits per heavy atom. The minimum atomic E-state index is -4.59. The van der Waals surface area contributed by atoms with E-state index in [1.54, 1.807) is 6.92 Å². The molecule has 0 spiro atoms. The van der Waals surface area contributed by atoms with Crippen molar-refractivity contribution in [3.8, 4) is 0 Å². The summed E-state index contributed by atoms with van der Waals surface area (Å²) in [5, 5.41) is 0. The third-order valence-corrected chi connectivity index (χ3v) is 4.99. The fraction of sp³-hybridized carbons (Fsp3) is 0.667. The van der Waals surface area contributed by atoms with Gasteiger partial charge in [0.1, 0.15) is 11.5 Å². The van der Waals surface area contributed by atoms with E-state index in [9.17, 15) is 21.6 Å². The van der Waals surface area contributed by atoms with Crippen LogP contribution in [0.4, 0.5) is 13.2 Å². The van der Waals surface area contributed by atoms with E-state index in [4.69, 9.17) is 0 Å². The fourth-order valence-corrected chi connectivity index (χ4v) is 4.01. The lowest BCUT2D eigenvalue weighted by Gasteiger charge is -2.32. The molecule has 1 fully saturated rings. The smallest absolute Gasteiger partial charge is 0.236 e. The van der Waals surface area contributed by atoms with Crippen LogP contribution in [0.1, 0.15) is 37.0 Å². The molecule has 0 amide bonds. The Balaban J connectivity index is 2.58. The molecule has 1 atom stereocenters. The van der Waals surface area contributed by atoms with Crippen molar-refractivity contribution in [3.63, 3.8) is 0 Å². The summed E-state index contributed by atoms with van der Waals surface area (Å²) in [6, 6.07) is 0.854. The van der Waals surface area contributed by atoms with Gasteiger partial charge in [-0.3, -0.25) is 0 Å². The van der Waals surface area contributed by atoms with Gasteiger partial charge < -0.3 is 0 Å². The molecule has 2 rings (SSSR count). The van der Waals surface area contributed by atoms with Gasteiger partial charge in [-0.15, -0.1) is 0 Å². The first-order chi connectivity index (χ1) is 9.44. The quantitative estimate of drug-likeness (QED) is 0.836. The second-order valence-electron chi connectivity index (χ2n) is 5.43. The molecule has 0 radical (unpaired) electrons. The zero-order valence-electron chi connectivity index (χ0n) is 11.9. The molecule has 1 aromatic rings. The van der Waals surface area contributed by atoms with Crippen molar-refractivity contribution in [2.45, 2.75) is 38.4 Å². The molecule has 0 bridgehead atoms. The number of hydrogen-bond donors (Lipinski definition) is 0. The van der Waals surface area contributed by atoms with Crippen molar-refractivity contribution in [1.29, 1.82) is 0 Å². The molecule has 1 aromatic heterocycles. The molecule has 5 nitrogen and oxygen atoms in total. The summed E-state index contributed by atoms with van der Waals surface area (Å²) in [4.78, 5) is 7.63. The van der Waals surface area contributed by atoms with Gasteiger partial charge in [0.2, 0.25) is 10.0 Å². The van der Waals surface area contributed by atoms with Crippen LogP contribution >= 0.6 is 0 Å². The molecule has 1 aliphatic rings. The van der Waals surface area contributed by atoms with E-state index in [1.807, 2.05) is 0 Å². The molecule has 118 valence electrons. The number of rotatable bonds is 2. The predicted octanol–water partition coefficient (Wildman–Crippen LogP) is 2.07. The van der Waals surface area contributed by atoms with Gasteiger partial charge in [-0.05, 0) is 32.8 Å². The van der Waals surface area contributed by atoms with Gasteiger partial charge in [0.15, 0.2) is 0 Å². The molecule has 0 aromatic carbocycles. The van der Waals surface area contributed by atoms with Crippen LogP contribution in [0.15, 0.2) is 6.07 Å². The van der Waals surface area contributed by atoms with Crippen molar-refractivity contribution in [2.24, 2.45) is 0 Å². The monoisotopic (exact) mass is 323 g/mol. The predicted molar refractivity (Wildman–Crippen MR) is 69.9 cm³/mol. The second-order valence-corrected chi connectivity index (χ2v) is 7.34. The van der Waals surface area contributed by atoms with Crippen molar-refractivity contribution in [1.82, 2.24) is 14.3 Å². The van der Waals surface area contributed by atoms with Crippen molar-refractivity contribution < 1.29 is 21.6 Å². The van der Waals surface area contributed by atoms with Crippen LogP contribution in [-0.2, 0) is 21.7 Å². The Morgan fingerprint density at radius 3 is 2.48 bits per heavy atom. The maximum atomic E-state index is 12.9. The van der Waals surface area contributed by atoms with Crippen LogP contribution < -0.4 is 0 Å². The zero-order chi connectivity index (χ0) is 16.1. The lowest BCUT2D eigenvalue weighted by Crippen LogP contribution is -2.43. The van der Waals surface area contributed by atoms with E-state index in [0.717, 1.165) is 12.3 Å². The molecule has 0 saturated carbocycles. The van der Waals surface area contributed by atoms with Crippen molar-refractivity contribution in [3.05, 3.63) is 23.3 Å². The highest BCUT2D eigenvalue weighted by atomic mass is 32.2. The number of hydrogen-bond acceptors (Lipinski definition) is 4. The van der Waals surface area contributed by atoms with Gasteiger partial charge in [-0.2, -0.15) is 17.5 Å². The highest BCUT2D eigenvalue weighted by molar-refractivity contribution is 7.88. The van der Waals surface area contributed by atoms with Crippen LogP contribution in [0.5, 0.6) is 0 Å². The Labute approximate surface area is 121 Å². The first-order valence-corrected chi connectivity index (χ1v) is 8.20. The summed E-state index contributed by atoms with van der Waals surface area (Å²) in [6.07, 6.45) is -2.60. The molecular weight excluding hydrogens is 307 g/mol. The number of halogens is 3. The largest absolute Gasteiger partial charge is 0.433 e. The number of aryl methyl sites for hydroxylation is 1. The molecular formula is C12H16F3N3O2S. The van der Waals surface area contributed by atoms with E-state index < -0.39 is 27.4 Å². The van der Waals surface area contributed by atoms with Gasteiger partial charge in [0, 0.05) is 12.2 Å². The van der Waals surface area contributed by atoms with Crippen LogP contribution in [0, 0.1) is 6.92 Å². The Morgan fingerprint density at radius 2 is 1.95 bits per heavy atom. The Bertz CT molecular complexity index is 660. The van der Waals surface area contributed by atoms with Gasteiger partial charge >= 0.3 is 6.18 Å². The van der Waals surface area contributed by atoms with Gasteiger partial charge in [0.25, 0.3) is 0 Å². The average Bonchev–Trinajstić information content (AvgIpc) is 2.70. The molecule has 1 saturated heterocycles. The molecule has 9 heteroatoms. The third kappa shape index (κ3) is 3.03. The minimum Gasteiger partial charge on any atom is -0.236 e.